The summed E-state index contributed by atoms with van der Waals surface area (Å²) < 4.78 is 7.03. The number of carbonyl (C=O) groups is 2. The van der Waals surface area contributed by atoms with Gasteiger partial charge in [-0.2, -0.15) is 0 Å². The Morgan fingerprint density at radius 3 is 2.32 bits per heavy atom. The largest absolute Gasteiger partial charge is 0.497 e. The molecule has 4 aromatic rings. The van der Waals surface area contributed by atoms with Crippen molar-refractivity contribution in [2.24, 2.45) is 0 Å². The molecule has 3 aromatic carbocycles. The number of amides is 2. The van der Waals surface area contributed by atoms with Crippen molar-refractivity contribution in [3.05, 3.63) is 95.1 Å². The molecule has 1 aromatic heterocycles. The molecular formula is C29H27ClN4O3. The predicted octanol–water partition coefficient (Wildman–Crippen LogP) is 5.75. The van der Waals surface area contributed by atoms with Crippen molar-refractivity contribution in [2.75, 3.05) is 19.0 Å². The lowest BCUT2D eigenvalue weighted by atomic mass is 10.2. The number of benzene rings is 3. The molecule has 5 rings (SSSR count). The average Bonchev–Trinajstić information content (AvgIpc) is 3.68. The van der Waals surface area contributed by atoms with E-state index in [-0.39, 0.29) is 24.4 Å². The third-order valence-electron chi connectivity index (χ3n) is 6.31. The first-order valence-electron chi connectivity index (χ1n) is 12.1. The Bertz CT molecular complexity index is 1410. The van der Waals surface area contributed by atoms with Crippen molar-refractivity contribution < 1.29 is 14.3 Å². The van der Waals surface area contributed by atoms with Gasteiger partial charge in [-0.1, -0.05) is 41.4 Å². The summed E-state index contributed by atoms with van der Waals surface area (Å²) in [5.41, 5.74) is 4.08. The number of methoxy groups -OCH3 is 1. The average molecular weight is 515 g/mol. The van der Waals surface area contributed by atoms with Gasteiger partial charge in [-0.3, -0.25) is 19.5 Å². The van der Waals surface area contributed by atoms with Crippen LogP contribution in [0.1, 0.15) is 28.8 Å². The lowest BCUT2D eigenvalue weighted by Crippen LogP contribution is -2.39. The van der Waals surface area contributed by atoms with Crippen LogP contribution < -0.4 is 10.1 Å². The number of hydrogen-bond donors (Lipinski definition) is 1. The number of anilines is 1. The molecule has 0 atom stereocenters. The lowest BCUT2D eigenvalue weighted by Gasteiger charge is -2.22. The zero-order chi connectivity index (χ0) is 25.9. The Kier molecular flexibility index (Phi) is 6.97. The van der Waals surface area contributed by atoms with Crippen molar-refractivity contribution >= 4 is 29.4 Å². The Balaban J connectivity index is 1.39. The van der Waals surface area contributed by atoms with Crippen molar-refractivity contribution in [3.8, 4) is 22.7 Å². The van der Waals surface area contributed by atoms with Crippen LogP contribution in [0, 0.1) is 6.92 Å². The Labute approximate surface area is 220 Å². The summed E-state index contributed by atoms with van der Waals surface area (Å²) in [6.45, 7) is 1.96. The Morgan fingerprint density at radius 1 is 1.03 bits per heavy atom. The van der Waals surface area contributed by atoms with Gasteiger partial charge in [-0.15, -0.1) is 0 Å². The maximum Gasteiger partial charge on any atom is 0.254 e. The molecule has 0 bridgehead atoms. The van der Waals surface area contributed by atoms with Crippen molar-refractivity contribution in [2.45, 2.75) is 25.8 Å². The van der Waals surface area contributed by atoms with E-state index in [1.165, 1.54) is 0 Å². The van der Waals surface area contributed by atoms with E-state index in [4.69, 9.17) is 21.3 Å². The molecule has 37 heavy (non-hydrogen) atoms. The second-order valence-electron chi connectivity index (χ2n) is 9.10. The minimum absolute atomic E-state index is 0.0572. The highest BCUT2D eigenvalue weighted by molar-refractivity contribution is 6.30. The second kappa shape index (κ2) is 10.5. The van der Waals surface area contributed by atoms with Gasteiger partial charge in [0.1, 0.15) is 12.3 Å². The van der Waals surface area contributed by atoms with Crippen LogP contribution in [0.4, 0.5) is 5.95 Å². The van der Waals surface area contributed by atoms with E-state index in [1.807, 2.05) is 54.1 Å². The SMILES string of the molecule is COc1ccc(C(=O)N(CC(=O)Nc2nc(-c3ccc(Cl)cc3)cn2-c2ccc(C)cc2)C2CC2)cc1. The number of imidazole rings is 1. The number of halogens is 1. The molecule has 2 amide bonds. The van der Waals surface area contributed by atoms with Gasteiger partial charge >= 0.3 is 0 Å². The number of aryl methyl sites for hydroxylation is 1. The van der Waals surface area contributed by atoms with Crippen LogP contribution in [-0.4, -0.2) is 46.0 Å². The van der Waals surface area contributed by atoms with Gasteiger partial charge in [0.25, 0.3) is 5.91 Å². The van der Waals surface area contributed by atoms with Crippen LogP contribution in [0.5, 0.6) is 5.75 Å². The molecule has 188 valence electrons. The number of hydrogen-bond acceptors (Lipinski definition) is 4. The summed E-state index contributed by atoms with van der Waals surface area (Å²) in [6.07, 6.45) is 3.65. The Morgan fingerprint density at radius 2 is 1.70 bits per heavy atom. The standard InChI is InChI=1S/C29H27ClN4O3/c1-19-3-11-24(12-4-19)34-17-26(20-5-9-22(30)10-6-20)31-29(34)32-27(35)18-33(23-13-14-23)28(36)21-7-15-25(37-2)16-8-21/h3-12,15-17,23H,13-14,18H2,1-2H3,(H,31,32,35). The van der Waals surface area contributed by atoms with Gasteiger partial charge < -0.3 is 9.64 Å². The summed E-state index contributed by atoms with van der Waals surface area (Å²) in [6, 6.07) is 22.3. The van der Waals surface area contributed by atoms with Crippen LogP contribution in [0.2, 0.25) is 5.02 Å². The normalized spacial score (nSPS) is 12.7. The van der Waals surface area contributed by atoms with Crippen LogP contribution in [-0.2, 0) is 4.79 Å². The fourth-order valence-electron chi connectivity index (χ4n) is 4.10. The topological polar surface area (TPSA) is 76.5 Å². The molecule has 0 radical (unpaired) electrons. The van der Waals surface area contributed by atoms with Gasteiger partial charge in [-0.25, -0.2) is 4.98 Å². The summed E-state index contributed by atoms with van der Waals surface area (Å²) in [4.78, 5) is 32.8. The van der Waals surface area contributed by atoms with E-state index in [2.05, 4.69) is 5.32 Å². The Hall–Kier alpha value is -4.10. The van der Waals surface area contributed by atoms with Crippen molar-refractivity contribution in [1.29, 1.82) is 0 Å². The maximum atomic E-state index is 13.2. The number of nitrogens with one attached hydrogen (secondary N) is 1. The van der Waals surface area contributed by atoms with Crippen LogP contribution in [0.25, 0.3) is 16.9 Å². The first-order valence-corrected chi connectivity index (χ1v) is 12.5. The highest BCUT2D eigenvalue weighted by Gasteiger charge is 2.34. The van der Waals surface area contributed by atoms with Gasteiger partial charge in [-0.05, 0) is 68.3 Å². The number of carbonyl (C=O) groups excluding carboxylic acids is 2. The molecule has 1 heterocycles. The summed E-state index contributed by atoms with van der Waals surface area (Å²) in [7, 11) is 1.58. The fraction of sp³-hybridized carbons (Fsp3) is 0.207. The number of nitrogens with zero attached hydrogens (tertiary/aromatic N) is 3. The third kappa shape index (κ3) is 5.67. The molecule has 1 N–H and O–H groups in total. The van der Waals surface area contributed by atoms with E-state index < -0.39 is 0 Å². The molecule has 0 aliphatic heterocycles. The quantitative estimate of drug-likeness (QED) is 0.324. The van der Waals surface area contributed by atoms with Crippen LogP contribution >= 0.6 is 11.6 Å². The zero-order valence-electron chi connectivity index (χ0n) is 20.6. The first kappa shape index (κ1) is 24.6. The summed E-state index contributed by atoms with van der Waals surface area (Å²) in [5, 5.41) is 3.57. The summed E-state index contributed by atoms with van der Waals surface area (Å²) in [5.74, 6) is 0.567. The monoisotopic (exact) mass is 514 g/mol. The van der Waals surface area contributed by atoms with Crippen molar-refractivity contribution in [1.82, 2.24) is 14.5 Å². The van der Waals surface area contributed by atoms with E-state index >= 15 is 0 Å². The van der Waals surface area contributed by atoms with E-state index in [1.54, 1.807) is 48.4 Å². The van der Waals surface area contributed by atoms with E-state index in [0.29, 0.717) is 28.0 Å². The molecule has 1 fully saturated rings. The molecule has 0 spiro atoms. The van der Waals surface area contributed by atoms with Crippen LogP contribution in [0.15, 0.2) is 79.0 Å². The fourth-order valence-corrected chi connectivity index (χ4v) is 4.23. The van der Waals surface area contributed by atoms with E-state index in [0.717, 1.165) is 29.7 Å². The highest BCUT2D eigenvalue weighted by Crippen LogP contribution is 2.29. The number of aromatic nitrogens is 2. The maximum absolute atomic E-state index is 13.2. The second-order valence-corrected chi connectivity index (χ2v) is 9.54. The zero-order valence-corrected chi connectivity index (χ0v) is 21.4. The van der Waals surface area contributed by atoms with E-state index in [9.17, 15) is 9.59 Å². The number of rotatable bonds is 8. The molecular weight excluding hydrogens is 488 g/mol. The minimum atomic E-state index is -0.310. The van der Waals surface area contributed by atoms with Gasteiger partial charge in [0.05, 0.1) is 12.8 Å². The molecule has 1 aliphatic rings. The molecule has 0 saturated heterocycles. The molecule has 7 nitrogen and oxygen atoms in total. The molecule has 1 saturated carbocycles. The lowest BCUT2D eigenvalue weighted by molar-refractivity contribution is -0.117. The smallest absolute Gasteiger partial charge is 0.254 e. The van der Waals surface area contributed by atoms with Gasteiger partial charge in [0.15, 0.2) is 0 Å². The molecule has 0 unspecified atom stereocenters. The van der Waals surface area contributed by atoms with Crippen LogP contribution in [0.3, 0.4) is 0 Å². The highest BCUT2D eigenvalue weighted by atomic mass is 35.5. The predicted molar refractivity (Wildman–Crippen MR) is 144 cm³/mol. The minimum Gasteiger partial charge on any atom is -0.497 e. The van der Waals surface area contributed by atoms with Gasteiger partial charge in [0.2, 0.25) is 11.9 Å². The number of ether oxygens (including phenoxy) is 1. The molecule has 1 aliphatic carbocycles. The first-order chi connectivity index (χ1) is 17.9. The molecule has 8 heteroatoms. The van der Waals surface area contributed by atoms with Crippen molar-refractivity contribution in [3.63, 3.8) is 0 Å². The van der Waals surface area contributed by atoms with Gasteiger partial charge in [0, 0.05) is 34.1 Å². The third-order valence-corrected chi connectivity index (χ3v) is 6.56. The summed E-state index contributed by atoms with van der Waals surface area (Å²) >= 11 is 6.06.